The first-order chi connectivity index (χ1) is 28.7. The molecule has 0 radical (unpaired) electrons. The van der Waals surface area contributed by atoms with Gasteiger partial charge in [0, 0.05) is 30.4 Å². The van der Waals surface area contributed by atoms with Crippen molar-refractivity contribution in [2.75, 3.05) is 34.0 Å². The molecule has 1 unspecified atom stereocenters. The number of alkyl carbamates (subject to hydrolysis) is 1. The zero-order valence-corrected chi connectivity index (χ0v) is 35.9. The molecule has 1 aromatic heterocycles. The maximum atomic E-state index is 14.8. The van der Waals surface area contributed by atoms with Gasteiger partial charge in [0.2, 0.25) is 21.8 Å². The number of nitrogens with zero attached hydrogens (tertiary/aromatic N) is 2. The molecule has 3 N–H and O–H groups in total. The third-order valence-electron chi connectivity index (χ3n) is 12.4. The van der Waals surface area contributed by atoms with E-state index in [9.17, 15) is 40.8 Å². The fourth-order valence-corrected chi connectivity index (χ4v) is 10.3. The Morgan fingerprint density at radius 1 is 1.07 bits per heavy atom. The van der Waals surface area contributed by atoms with Crippen LogP contribution in [0, 0.1) is 11.3 Å². The summed E-state index contributed by atoms with van der Waals surface area (Å²) in [4.78, 5) is 62.0. The topological polar surface area (TPSA) is 192 Å². The number of amides is 4. The number of fused-ring (bicyclic) bond motifs is 5. The van der Waals surface area contributed by atoms with E-state index >= 15 is 0 Å². The molecule has 4 amide bonds. The predicted molar refractivity (Wildman–Crippen MR) is 215 cm³/mol. The highest BCUT2D eigenvalue weighted by Gasteiger charge is 2.64. The molecule has 334 valence electrons. The lowest BCUT2D eigenvalue weighted by Crippen LogP contribution is -2.59. The van der Waals surface area contributed by atoms with Gasteiger partial charge in [0.1, 0.15) is 33.7 Å². The van der Waals surface area contributed by atoms with Crippen molar-refractivity contribution in [2.24, 2.45) is 11.3 Å². The highest BCUT2D eigenvalue weighted by molar-refractivity contribution is 7.91. The normalized spacial score (nSPS) is 28.2. The van der Waals surface area contributed by atoms with E-state index in [-0.39, 0.29) is 81.2 Å². The number of benzene rings is 1. The van der Waals surface area contributed by atoms with E-state index in [1.54, 1.807) is 12.1 Å². The van der Waals surface area contributed by atoms with Gasteiger partial charge in [-0.15, -0.1) is 0 Å². The molecular weight excluding hydrogens is 824 g/mol. The summed E-state index contributed by atoms with van der Waals surface area (Å²) in [6.07, 6.45) is 0.944. The summed E-state index contributed by atoms with van der Waals surface area (Å²) in [5, 5.41) is 5.87. The van der Waals surface area contributed by atoms with E-state index in [2.05, 4.69) is 20.3 Å². The van der Waals surface area contributed by atoms with Gasteiger partial charge in [0.05, 0.1) is 32.4 Å². The van der Waals surface area contributed by atoms with E-state index in [4.69, 9.17) is 18.9 Å². The van der Waals surface area contributed by atoms with Crippen molar-refractivity contribution in [3.63, 3.8) is 0 Å². The van der Waals surface area contributed by atoms with Gasteiger partial charge in [0.15, 0.2) is 11.4 Å². The van der Waals surface area contributed by atoms with Crippen molar-refractivity contribution < 1.29 is 59.7 Å². The van der Waals surface area contributed by atoms with Crippen molar-refractivity contribution in [3.8, 4) is 11.5 Å². The number of methoxy groups -OCH3 is 2. The number of allylic oxidation sites excluding steroid dienone is 1. The number of carbonyl (C=O) groups excluding carboxylic acids is 4. The smallest absolute Gasteiger partial charge is 0.437 e. The summed E-state index contributed by atoms with van der Waals surface area (Å²) >= 11 is 0. The Bertz CT molecular complexity index is 2230. The molecule has 0 bridgehead atoms. The summed E-state index contributed by atoms with van der Waals surface area (Å²) in [6.45, 7) is 5.18. The second kappa shape index (κ2) is 16.2. The Labute approximate surface area is 352 Å². The first-order valence-electron chi connectivity index (χ1n) is 20.7. The van der Waals surface area contributed by atoms with Crippen LogP contribution in [0.2, 0.25) is 0 Å². The van der Waals surface area contributed by atoms with Gasteiger partial charge >= 0.3 is 12.3 Å². The minimum atomic E-state index is -4.94. The number of aromatic nitrogens is 1. The number of sulfonamides is 1. The summed E-state index contributed by atoms with van der Waals surface area (Å²) in [6, 6.07) is 1.92. The Kier molecular flexibility index (Phi) is 11.8. The number of hydrogen-bond acceptors (Lipinski definition) is 11. The van der Waals surface area contributed by atoms with Crippen LogP contribution in [0.4, 0.5) is 18.0 Å². The number of pyridine rings is 1. The monoisotopic (exact) mass is 877 g/mol. The van der Waals surface area contributed by atoms with Gasteiger partial charge < -0.3 is 34.5 Å². The Balaban J connectivity index is 1.26. The molecule has 3 fully saturated rings. The van der Waals surface area contributed by atoms with Gasteiger partial charge in [-0.3, -0.25) is 19.1 Å². The number of rotatable bonds is 8. The summed E-state index contributed by atoms with van der Waals surface area (Å²) < 4.78 is 94.7. The molecule has 19 heteroatoms. The van der Waals surface area contributed by atoms with Crippen molar-refractivity contribution in [1.82, 2.24) is 25.2 Å². The number of hydrogen-bond donors (Lipinski definition) is 3. The maximum Gasteiger partial charge on any atom is 0.437 e. The van der Waals surface area contributed by atoms with Gasteiger partial charge in [-0.05, 0) is 75.0 Å². The molecule has 2 aromatic rings. The quantitative estimate of drug-likeness (QED) is 0.300. The Morgan fingerprint density at radius 2 is 1.82 bits per heavy atom. The molecule has 15 nitrogen and oxygen atoms in total. The summed E-state index contributed by atoms with van der Waals surface area (Å²) in [7, 11) is -1.45. The summed E-state index contributed by atoms with van der Waals surface area (Å²) in [5.41, 5.74) is -4.57. The highest BCUT2D eigenvalue weighted by atomic mass is 32.2. The molecule has 2 saturated carbocycles. The lowest BCUT2D eigenvalue weighted by molar-refractivity contribution is -0.144. The van der Waals surface area contributed by atoms with Gasteiger partial charge in [-0.2, -0.15) is 13.2 Å². The summed E-state index contributed by atoms with van der Waals surface area (Å²) in [5.74, 6) is -3.18. The lowest BCUT2D eigenvalue weighted by atomic mass is 9.87. The second-order valence-corrected chi connectivity index (χ2v) is 20.4. The van der Waals surface area contributed by atoms with Crippen LogP contribution in [0.25, 0.3) is 10.9 Å². The van der Waals surface area contributed by atoms with Gasteiger partial charge in [-0.1, -0.05) is 45.8 Å². The second-order valence-electron chi connectivity index (χ2n) is 18.3. The van der Waals surface area contributed by atoms with Crippen LogP contribution in [0.3, 0.4) is 0 Å². The van der Waals surface area contributed by atoms with Crippen molar-refractivity contribution in [1.29, 1.82) is 0 Å². The highest BCUT2D eigenvalue weighted by Crippen LogP contribution is 2.51. The molecule has 1 saturated heterocycles. The van der Waals surface area contributed by atoms with E-state index < -0.39 is 85.3 Å². The van der Waals surface area contributed by atoms with Crippen molar-refractivity contribution in [3.05, 3.63) is 41.6 Å². The standard InChI is InChI=1S/C42H54F3N5O10S/c1-38(2,3)23-59-37(54)47-30-12-10-8-6-7-9-11-25-20-41(25,36(53)49-61(55,56)40(17-18-40)24-57-4)48-34(51)31-21-39(22-50(31)35(30)52)16-15-27-28-19-26(58-5)13-14-29(28)46-33(32(27)60-39)42(43,44)45/h9,11,13-14,19,25,30-31H,6-8,10,12,15-18,20-24H2,1-5H3,(H,47,54)(H,48,51)(H,49,53)/b11-9-/t25-,30+,31+,39-,41?/m1/s1. The molecule has 1 aromatic carbocycles. The zero-order chi connectivity index (χ0) is 44.2. The van der Waals surface area contributed by atoms with Crippen LogP contribution < -0.4 is 24.8 Å². The molecule has 7 rings (SSSR count). The fourth-order valence-electron chi connectivity index (χ4n) is 8.73. The molecule has 4 heterocycles. The fraction of sp³-hybridized carbons (Fsp3) is 0.643. The predicted octanol–water partition coefficient (Wildman–Crippen LogP) is 5.09. The third kappa shape index (κ3) is 8.99. The first-order valence-corrected chi connectivity index (χ1v) is 22.2. The Morgan fingerprint density at radius 3 is 2.49 bits per heavy atom. The average molecular weight is 878 g/mol. The number of aryl methyl sites for hydroxylation is 1. The first kappa shape index (κ1) is 44.4. The van der Waals surface area contributed by atoms with Crippen LogP contribution in [0.15, 0.2) is 30.4 Å². The largest absolute Gasteiger partial charge is 0.497 e. The van der Waals surface area contributed by atoms with Gasteiger partial charge in [-0.25, -0.2) is 18.2 Å². The number of halogens is 3. The average Bonchev–Trinajstić information content (AvgIpc) is 4.10. The van der Waals surface area contributed by atoms with Crippen LogP contribution in [-0.2, 0) is 46.5 Å². The SMILES string of the molecule is COCC1(S(=O)(=O)NC(=O)C23C[C@H]2/C=C\CCCCC[C@H](NC(=O)OCC(C)(C)C)C(=O)N2C[C@@]4(CCc5c(c(C(F)(F)F)nc6ccc(OC)cc56)O4)C[C@H]2C(=O)N3)CC1. The van der Waals surface area contributed by atoms with E-state index in [1.807, 2.05) is 26.8 Å². The third-order valence-corrected chi connectivity index (χ3v) is 14.5. The molecule has 5 atom stereocenters. The Hall–Kier alpha value is -4.65. The maximum absolute atomic E-state index is 14.8. The van der Waals surface area contributed by atoms with Crippen LogP contribution in [-0.4, -0.2) is 104 Å². The van der Waals surface area contributed by atoms with Crippen LogP contribution in [0.5, 0.6) is 11.5 Å². The molecule has 5 aliphatic rings. The molecule has 3 aliphatic heterocycles. The number of alkyl halides is 3. The number of nitrogens with one attached hydrogen (secondary N) is 3. The van der Waals surface area contributed by atoms with Gasteiger partial charge in [0.25, 0.3) is 5.91 Å². The zero-order valence-electron chi connectivity index (χ0n) is 35.0. The molecule has 1 spiro atoms. The molecular formula is C42H54F3N5O10S. The lowest BCUT2D eigenvalue weighted by Gasteiger charge is -2.37. The minimum Gasteiger partial charge on any atom is -0.497 e. The molecule has 2 aliphatic carbocycles. The minimum absolute atomic E-state index is 0.0426. The number of ether oxygens (including phenoxy) is 4. The van der Waals surface area contributed by atoms with Crippen molar-refractivity contribution in [2.45, 2.75) is 126 Å². The van der Waals surface area contributed by atoms with Crippen LogP contribution in [0.1, 0.15) is 96.2 Å². The van der Waals surface area contributed by atoms with E-state index in [0.717, 1.165) is 0 Å². The van der Waals surface area contributed by atoms with Crippen molar-refractivity contribution >= 4 is 44.7 Å². The van der Waals surface area contributed by atoms with E-state index in [0.29, 0.717) is 36.8 Å². The molecule has 61 heavy (non-hydrogen) atoms. The van der Waals surface area contributed by atoms with Crippen LogP contribution >= 0.6 is 0 Å². The van der Waals surface area contributed by atoms with E-state index in [1.165, 1.54) is 31.3 Å². The number of carbonyl (C=O) groups is 4.